The summed E-state index contributed by atoms with van der Waals surface area (Å²) < 4.78 is 0. The van der Waals surface area contributed by atoms with Gasteiger partial charge >= 0.3 is 0 Å². The summed E-state index contributed by atoms with van der Waals surface area (Å²) >= 11 is 0. The molecule has 0 saturated heterocycles. The Hall–Kier alpha value is 1.04. The van der Waals surface area contributed by atoms with Crippen LogP contribution in [0.4, 0.5) is 0 Å². The first-order valence-electron chi connectivity index (χ1n) is 0. The zero-order chi connectivity index (χ0) is 0. The molecule has 1 radical (unpaired) electrons. The molecule has 0 heterocycles. The number of hydrogen-bond donors (Lipinski definition) is 0. The standard InChI is InChI=1S/2CH4.Fe.Mn/h2*1H4;;. The van der Waals surface area contributed by atoms with Crippen LogP contribution in [0.25, 0.3) is 0 Å². The van der Waals surface area contributed by atoms with Gasteiger partial charge in [-0.15, -0.1) is 0 Å². The summed E-state index contributed by atoms with van der Waals surface area (Å²) in [6.45, 7) is 0. The Morgan fingerprint density at radius 1 is 0.750 bits per heavy atom. The van der Waals surface area contributed by atoms with Gasteiger partial charge in [-0.2, -0.15) is 0 Å². The van der Waals surface area contributed by atoms with Crippen LogP contribution in [-0.4, -0.2) is 0 Å². The molecule has 2 heteroatoms. The van der Waals surface area contributed by atoms with E-state index in [0.717, 1.165) is 0 Å². The normalized spacial score (nSPS) is 0. The average molecular weight is 143 g/mol. The first kappa shape index (κ1) is 76.2. The van der Waals surface area contributed by atoms with Gasteiger partial charge < -0.3 is 0 Å². The molecule has 0 aliphatic heterocycles. The van der Waals surface area contributed by atoms with E-state index in [1.807, 2.05) is 0 Å². The molecule has 0 aliphatic rings. The maximum absolute atomic E-state index is 0. The molecular formula is C2H8FeMn. The van der Waals surface area contributed by atoms with Crippen molar-refractivity contribution < 1.29 is 34.1 Å². The molecule has 0 aliphatic carbocycles. The fourth-order valence-electron chi connectivity index (χ4n) is 0. The van der Waals surface area contributed by atoms with E-state index < -0.39 is 0 Å². The topological polar surface area (TPSA) is 0 Å². The van der Waals surface area contributed by atoms with Crippen molar-refractivity contribution in [3.05, 3.63) is 0 Å². The van der Waals surface area contributed by atoms with Crippen LogP contribution in [0.3, 0.4) is 0 Å². The van der Waals surface area contributed by atoms with Crippen molar-refractivity contribution in [1.29, 1.82) is 0 Å². The third-order valence-electron chi connectivity index (χ3n) is 0. The Morgan fingerprint density at radius 3 is 0.750 bits per heavy atom. The molecule has 0 atom stereocenters. The van der Waals surface area contributed by atoms with E-state index in [4.69, 9.17) is 0 Å². The smallest absolute Gasteiger partial charge is 0 e. The third kappa shape index (κ3) is 11.7. The average Bonchev–Trinajstić information content (AvgIpc) is 0. The minimum absolute atomic E-state index is 0. The molecule has 0 fully saturated rings. The summed E-state index contributed by atoms with van der Waals surface area (Å²) in [4.78, 5) is 0. The molecule has 0 amide bonds. The predicted molar refractivity (Wildman–Crippen MR) is 13.5 cm³/mol. The van der Waals surface area contributed by atoms with Crippen molar-refractivity contribution >= 4 is 0 Å². The van der Waals surface area contributed by atoms with Crippen LogP contribution in [-0.2, 0) is 34.1 Å². The Labute approximate surface area is 49.3 Å². The number of hydrogen-bond acceptors (Lipinski definition) is 0. The van der Waals surface area contributed by atoms with Gasteiger partial charge in [0.25, 0.3) is 0 Å². The Kier molecular flexibility index (Phi) is 658. The molecule has 4 heavy (non-hydrogen) atoms. The monoisotopic (exact) mass is 143 g/mol. The van der Waals surface area contributed by atoms with Crippen molar-refractivity contribution in [3.63, 3.8) is 0 Å². The van der Waals surface area contributed by atoms with Crippen molar-refractivity contribution in [2.75, 3.05) is 0 Å². The fourth-order valence-corrected chi connectivity index (χ4v) is 0. The van der Waals surface area contributed by atoms with Crippen LogP contribution in [0.5, 0.6) is 0 Å². The fraction of sp³-hybridized carbons (Fsp3) is 1.00. The molecule has 0 N–H and O–H groups in total. The van der Waals surface area contributed by atoms with Crippen LogP contribution in [0.1, 0.15) is 14.9 Å². The van der Waals surface area contributed by atoms with E-state index in [9.17, 15) is 0 Å². The molecule has 0 bridgehead atoms. The first-order chi connectivity index (χ1) is 0. The van der Waals surface area contributed by atoms with Crippen molar-refractivity contribution in [3.8, 4) is 0 Å². The van der Waals surface area contributed by atoms with Crippen LogP contribution >= 0.6 is 0 Å². The van der Waals surface area contributed by atoms with Crippen molar-refractivity contribution in [2.45, 2.75) is 14.9 Å². The van der Waals surface area contributed by atoms with Gasteiger partial charge in [-0.3, -0.25) is 0 Å². The summed E-state index contributed by atoms with van der Waals surface area (Å²) in [6.07, 6.45) is 0. The second-order valence-electron chi connectivity index (χ2n) is 0. The molecule has 31 valence electrons. The molecule has 0 rings (SSSR count). The Morgan fingerprint density at radius 2 is 0.750 bits per heavy atom. The second-order valence-corrected chi connectivity index (χ2v) is 0. The molecule has 0 aromatic heterocycles. The third-order valence-corrected chi connectivity index (χ3v) is 0. The SMILES string of the molecule is C.C.[Fe].[Mn]. The van der Waals surface area contributed by atoms with Crippen molar-refractivity contribution in [1.82, 2.24) is 0 Å². The molecule has 0 saturated carbocycles. The predicted octanol–water partition coefficient (Wildman–Crippen LogP) is 1.27. The minimum atomic E-state index is 0. The molecule has 0 unspecified atom stereocenters. The van der Waals surface area contributed by atoms with E-state index in [0.29, 0.717) is 0 Å². The van der Waals surface area contributed by atoms with Gasteiger partial charge in [0.2, 0.25) is 0 Å². The summed E-state index contributed by atoms with van der Waals surface area (Å²) in [6, 6.07) is 0. The molecular weight excluding hydrogens is 135 g/mol. The molecule has 0 spiro atoms. The number of rotatable bonds is 0. The minimum Gasteiger partial charge on any atom is -0.0776 e. The summed E-state index contributed by atoms with van der Waals surface area (Å²) in [5.41, 5.74) is 0. The van der Waals surface area contributed by atoms with Crippen LogP contribution in [0.2, 0.25) is 0 Å². The molecule has 0 nitrogen and oxygen atoms in total. The Bertz CT molecular complexity index is 6.00. The quantitative estimate of drug-likeness (QED) is 0.447. The van der Waals surface area contributed by atoms with Gasteiger partial charge in [0, 0.05) is 34.1 Å². The van der Waals surface area contributed by atoms with Gasteiger partial charge in [-0.1, -0.05) is 14.9 Å². The van der Waals surface area contributed by atoms with Gasteiger partial charge in [0.05, 0.1) is 0 Å². The van der Waals surface area contributed by atoms with E-state index in [1.54, 1.807) is 0 Å². The van der Waals surface area contributed by atoms with E-state index in [-0.39, 0.29) is 49.0 Å². The maximum Gasteiger partial charge on any atom is 0 e. The summed E-state index contributed by atoms with van der Waals surface area (Å²) in [5, 5.41) is 0. The largest absolute Gasteiger partial charge is 0.0776 e. The molecule has 0 aromatic rings. The van der Waals surface area contributed by atoms with Gasteiger partial charge in [0.1, 0.15) is 0 Å². The van der Waals surface area contributed by atoms with Gasteiger partial charge in [0.15, 0.2) is 0 Å². The van der Waals surface area contributed by atoms with Crippen LogP contribution in [0, 0.1) is 0 Å². The van der Waals surface area contributed by atoms with Crippen LogP contribution in [0.15, 0.2) is 0 Å². The van der Waals surface area contributed by atoms with Crippen molar-refractivity contribution in [2.24, 2.45) is 0 Å². The Balaban J connectivity index is 0. The van der Waals surface area contributed by atoms with Gasteiger partial charge in [-0.25, -0.2) is 0 Å². The maximum atomic E-state index is 0. The van der Waals surface area contributed by atoms with Gasteiger partial charge in [-0.05, 0) is 0 Å². The zero-order valence-corrected chi connectivity index (χ0v) is 3.02. The van der Waals surface area contributed by atoms with E-state index >= 15 is 0 Å². The zero-order valence-electron chi connectivity index (χ0n) is 0.732. The first-order valence-corrected chi connectivity index (χ1v) is 0. The summed E-state index contributed by atoms with van der Waals surface area (Å²) in [7, 11) is 0. The second kappa shape index (κ2) is 34.6. The molecule has 0 aromatic carbocycles. The van der Waals surface area contributed by atoms with E-state index in [2.05, 4.69) is 0 Å². The van der Waals surface area contributed by atoms with Crippen LogP contribution < -0.4 is 0 Å². The van der Waals surface area contributed by atoms with E-state index in [1.165, 1.54) is 0 Å². The summed E-state index contributed by atoms with van der Waals surface area (Å²) in [5.74, 6) is 0.